The number of aryl methyl sites for hydroxylation is 1. The molecule has 0 aliphatic carbocycles. The molecule has 2 amide bonds. The summed E-state index contributed by atoms with van der Waals surface area (Å²) in [5.74, 6) is -1.00. The average Bonchev–Trinajstić information content (AvgIpc) is 2.46. The van der Waals surface area contributed by atoms with Crippen molar-refractivity contribution in [3.05, 3.63) is 59.4 Å². The highest BCUT2D eigenvalue weighted by Crippen LogP contribution is 2.09. The molecule has 0 spiro atoms. The van der Waals surface area contributed by atoms with Gasteiger partial charge in [0.1, 0.15) is 0 Å². The molecule has 1 heterocycles. The van der Waals surface area contributed by atoms with Crippen LogP contribution >= 0.6 is 0 Å². The van der Waals surface area contributed by atoms with Crippen LogP contribution in [0.2, 0.25) is 0 Å². The summed E-state index contributed by atoms with van der Waals surface area (Å²) in [6, 6.07) is 11.1. The van der Waals surface area contributed by atoms with Gasteiger partial charge >= 0.3 is 12.0 Å². The molecular formula is C15H15N3O3. The normalized spacial score (nSPS) is 9.95. The van der Waals surface area contributed by atoms with Gasteiger partial charge in [-0.3, -0.25) is 4.98 Å². The first-order chi connectivity index (χ1) is 10.0. The fourth-order valence-electron chi connectivity index (χ4n) is 1.74. The summed E-state index contributed by atoms with van der Waals surface area (Å²) < 4.78 is 0. The topological polar surface area (TPSA) is 91.3 Å². The second kappa shape index (κ2) is 6.51. The van der Waals surface area contributed by atoms with Gasteiger partial charge in [-0.2, -0.15) is 0 Å². The summed E-state index contributed by atoms with van der Waals surface area (Å²) in [6.45, 7) is 2.20. The van der Waals surface area contributed by atoms with E-state index in [1.54, 1.807) is 0 Å². The number of benzene rings is 1. The van der Waals surface area contributed by atoms with E-state index >= 15 is 0 Å². The zero-order valence-corrected chi connectivity index (χ0v) is 11.5. The molecule has 1 aromatic carbocycles. The third-order valence-corrected chi connectivity index (χ3v) is 2.77. The number of amides is 2. The maximum Gasteiger partial charge on any atom is 0.335 e. The molecule has 0 aliphatic heterocycles. The highest BCUT2D eigenvalue weighted by molar-refractivity contribution is 5.91. The smallest absolute Gasteiger partial charge is 0.335 e. The summed E-state index contributed by atoms with van der Waals surface area (Å²) in [7, 11) is 0. The summed E-state index contributed by atoms with van der Waals surface area (Å²) in [5.41, 5.74) is 2.35. The second-order valence-corrected chi connectivity index (χ2v) is 4.46. The van der Waals surface area contributed by atoms with Crippen molar-refractivity contribution in [1.29, 1.82) is 0 Å². The van der Waals surface area contributed by atoms with Crippen LogP contribution < -0.4 is 10.6 Å². The fraction of sp³-hybridized carbons (Fsp3) is 0.133. The van der Waals surface area contributed by atoms with Crippen molar-refractivity contribution in [2.75, 3.05) is 5.32 Å². The van der Waals surface area contributed by atoms with Crippen LogP contribution in [0, 0.1) is 6.92 Å². The molecule has 2 rings (SSSR count). The maximum absolute atomic E-state index is 11.7. The van der Waals surface area contributed by atoms with Crippen molar-refractivity contribution in [2.45, 2.75) is 13.5 Å². The Morgan fingerprint density at radius 1 is 1.14 bits per heavy atom. The number of nitrogens with one attached hydrogen (secondary N) is 2. The standard InChI is InChI=1S/C15H15N3O3/c1-10-3-2-4-13(17-10)9-16-15(21)18-12-7-5-11(6-8-12)14(19)20/h2-8H,9H2,1H3,(H,19,20)(H2,16,18,21). The summed E-state index contributed by atoms with van der Waals surface area (Å²) in [5, 5.41) is 14.1. The SMILES string of the molecule is Cc1cccc(CNC(=O)Nc2ccc(C(=O)O)cc2)n1. The number of urea groups is 1. The summed E-state index contributed by atoms with van der Waals surface area (Å²) in [4.78, 5) is 26.7. The van der Waals surface area contributed by atoms with Crippen molar-refractivity contribution in [3.63, 3.8) is 0 Å². The molecule has 0 saturated heterocycles. The van der Waals surface area contributed by atoms with Crippen LogP contribution in [0.1, 0.15) is 21.7 Å². The molecule has 0 saturated carbocycles. The van der Waals surface area contributed by atoms with E-state index in [0.29, 0.717) is 12.2 Å². The monoisotopic (exact) mass is 285 g/mol. The number of carbonyl (C=O) groups is 2. The number of carbonyl (C=O) groups excluding carboxylic acids is 1. The first-order valence-electron chi connectivity index (χ1n) is 6.35. The Morgan fingerprint density at radius 3 is 2.48 bits per heavy atom. The van der Waals surface area contributed by atoms with E-state index in [0.717, 1.165) is 11.4 Å². The lowest BCUT2D eigenvalue weighted by Gasteiger charge is -2.08. The minimum absolute atomic E-state index is 0.171. The van der Waals surface area contributed by atoms with E-state index in [1.165, 1.54) is 24.3 Å². The Kier molecular flexibility index (Phi) is 4.50. The van der Waals surface area contributed by atoms with Crippen molar-refractivity contribution in [1.82, 2.24) is 10.3 Å². The van der Waals surface area contributed by atoms with Gasteiger partial charge in [0.25, 0.3) is 0 Å². The Labute approximate surface area is 121 Å². The lowest BCUT2D eigenvalue weighted by Crippen LogP contribution is -2.28. The molecule has 0 unspecified atom stereocenters. The van der Waals surface area contributed by atoms with Gasteiger partial charge in [-0.15, -0.1) is 0 Å². The van der Waals surface area contributed by atoms with Gasteiger partial charge < -0.3 is 15.7 Å². The predicted molar refractivity (Wildman–Crippen MR) is 78.2 cm³/mol. The van der Waals surface area contributed by atoms with Gasteiger partial charge in [-0.25, -0.2) is 9.59 Å². The molecular weight excluding hydrogens is 270 g/mol. The molecule has 0 radical (unpaired) electrons. The van der Waals surface area contributed by atoms with Crippen LogP contribution in [-0.2, 0) is 6.54 Å². The fourth-order valence-corrected chi connectivity index (χ4v) is 1.74. The number of carboxylic acids is 1. The Bertz CT molecular complexity index is 653. The van der Waals surface area contributed by atoms with Gasteiger partial charge in [0.05, 0.1) is 17.8 Å². The van der Waals surface area contributed by atoms with Crippen LogP contribution in [-0.4, -0.2) is 22.1 Å². The van der Waals surface area contributed by atoms with Crippen molar-refractivity contribution < 1.29 is 14.7 Å². The molecule has 0 atom stereocenters. The number of rotatable bonds is 4. The first kappa shape index (κ1) is 14.5. The average molecular weight is 285 g/mol. The molecule has 3 N–H and O–H groups in total. The second-order valence-electron chi connectivity index (χ2n) is 4.46. The molecule has 6 heteroatoms. The van der Waals surface area contributed by atoms with Crippen LogP contribution in [0.3, 0.4) is 0 Å². The number of hydrogen-bond acceptors (Lipinski definition) is 3. The van der Waals surface area contributed by atoms with E-state index in [2.05, 4.69) is 15.6 Å². The molecule has 0 bridgehead atoms. The molecule has 0 aliphatic rings. The number of anilines is 1. The number of nitrogens with zero attached hydrogens (tertiary/aromatic N) is 1. The zero-order valence-electron chi connectivity index (χ0n) is 11.5. The number of aromatic carboxylic acids is 1. The van der Waals surface area contributed by atoms with Gasteiger partial charge in [-0.05, 0) is 43.3 Å². The molecule has 1 aromatic heterocycles. The number of aromatic nitrogens is 1. The zero-order chi connectivity index (χ0) is 15.2. The third-order valence-electron chi connectivity index (χ3n) is 2.77. The maximum atomic E-state index is 11.7. The van der Waals surface area contributed by atoms with Gasteiger partial charge in [-0.1, -0.05) is 6.07 Å². The van der Waals surface area contributed by atoms with E-state index in [4.69, 9.17) is 5.11 Å². The van der Waals surface area contributed by atoms with Crippen LogP contribution in [0.25, 0.3) is 0 Å². The number of pyridine rings is 1. The Morgan fingerprint density at radius 2 is 1.86 bits per heavy atom. The summed E-state index contributed by atoms with van der Waals surface area (Å²) in [6.07, 6.45) is 0. The van der Waals surface area contributed by atoms with Crippen molar-refractivity contribution >= 4 is 17.7 Å². The lowest BCUT2D eigenvalue weighted by molar-refractivity contribution is 0.0697. The van der Waals surface area contributed by atoms with Crippen molar-refractivity contribution in [3.8, 4) is 0 Å². The quantitative estimate of drug-likeness (QED) is 0.804. The summed E-state index contributed by atoms with van der Waals surface area (Å²) >= 11 is 0. The van der Waals surface area contributed by atoms with Crippen LogP contribution in [0.15, 0.2) is 42.5 Å². The largest absolute Gasteiger partial charge is 0.478 e. The lowest BCUT2D eigenvalue weighted by atomic mass is 10.2. The van der Waals surface area contributed by atoms with Crippen molar-refractivity contribution in [2.24, 2.45) is 0 Å². The van der Waals surface area contributed by atoms with E-state index in [-0.39, 0.29) is 11.6 Å². The van der Waals surface area contributed by atoms with Gasteiger partial charge in [0.15, 0.2) is 0 Å². The molecule has 108 valence electrons. The minimum atomic E-state index is -1.00. The Hall–Kier alpha value is -2.89. The molecule has 21 heavy (non-hydrogen) atoms. The first-order valence-corrected chi connectivity index (χ1v) is 6.35. The van der Waals surface area contributed by atoms with E-state index in [1.807, 2.05) is 25.1 Å². The highest BCUT2D eigenvalue weighted by atomic mass is 16.4. The molecule has 0 fully saturated rings. The molecule has 6 nitrogen and oxygen atoms in total. The van der Waals surface area contributed by atoms with Crippen LogP contribution in [0.4, 0.5) is 10.5 Å². The highest BCUT2D eigenvalue weighted by Gasteiger charge is 2.05. The van der Waals surface area contributed by atoms with E-state index < -0.39 is 5.97 Å². The third kappa shape index (κ3) is 4.31. The van der Waals surface area contributed by atoms with E-state index in [9.17, 15) is 9.59 Å². The Balaban J connectivity index is 1.88. The number of hydrogen-bond donors (Lipinski definition) is 3. The van der Waals surface area contributed by atoms with Gasteiger partial charge in [0, 0.05) is 11.4 Å². The van der Waals surface area contributed by atoms with Crippen LogP contribution in [0.5, 0.6) is 0 Å². The molecule has 2 aromatic rings. The van der Waals surface area contributed by atoms with Gasteiger partial charge in [0.2, 0.25) is 0 Å². The minimum Gasteiger partial charge on any atom is -0.478 e. The number of carboxylic acid groups (broad SMARTS) is 1. The predicted octanol–water partition coefficient (Wildman–Crippen LogP) is 2.41.